The van der Waals surface area contributed by atoms with Gasteiger partial charge in [-0.2, -0.15) is 0 Å². The van der Waals surface area contributed by atoms with E-state index in [4.69, 9.17) is 4.74 Å². The second kappa shape index (κ2) is 12.3. The zero-order chi connectivity index (χ0) is 19.8. The van der Waals surface area contributed by atoms with Gasteiger partial charge in [0.05, 0.1) is 19.3 Å². The Kier molecular flexibility index (Phi) is 10.1. The predicted octanol–water partition coefficient (Wildman–Crippen LogP) is 1.65. The Morgan fingerprint density at radius 2 is 1.93 bits per heavy atom. The fraction of sp³-hybridized carbons (Fsp3) is 0.600. The van der Waals surface area contributed by atoms with Crippen LogP contribution in [-0.4, -0.2) is 68.7 Å². The van der Waals surface area contributed by atoms with Crippen molar-refractivity contribution in [3.63, 3.8) is 0 Å². The van der Waals surface area contributed by atoms with E-state index in [-0.39, 0.29) is 48.3 Å². The van der Waals surface area contributed by atoms with Crippen molar-refractivity contribution in [1.29, 1.82) is 0 Å². The highest BCUT2D eigenvalue weighted by Gasteiger charge is 2.24. The number of aliphatic imine (C=N–C) groups is 1. The Hall–Kier alpha value is -1.46. The molecule has 3 rings (SSSR count). The van der Waals surface area contributed by atoms with Crippen LogP contribution in [0.25, 0.3) is 0 Å². The van der Waals surface area contributed by atoms with Crippen LogP contribution in [0.5, 0.6) is 0 Å². The Morgan fingerprint density at radius 3 is 2.55 bits per heavy atom. The number of nitrogens with one attached hydrogen (secondary N) is 3. The number of rotatable bonds is 8. The number of ether oxygens (including phenoxy) is 1. The highest BCUT2D eigenvalue weighted by atomic mass is 127. The molecule has 1 saturated carbocycles. The summed E-state index contributed by atoms with van der Waals surface area (Å²) in [4.78, 5) is 18.6. The van der Waals surface area contributed by atoms with Crippen LogP contribution < -0.4 is 16.0 Å². The molecule has 3 N–H and O–H groups in total. The molecule has 1 aromatic carbocycles. The molecule has 1 unspecified atom stereocenters. The molecule has 0 bridgehead atoms. The molecular weight excluding hydrogens is 488 g/mol. The van der Waals surface area contributed by atoms with E-state index >= 15 is 0 Å². The molecule has 162 valence electrons. The van der Waals surface area contributed by atoms with Crippen molar-refractivity contribution in [2.75, 3.05) is 45.9 Å². The van der Waals surface area contributed by atoms with Crippen molar-refractivity contribution in [3.05, 3.63) is 35.6 Å². The summed E-state index contributed by atoms with van der Waals surface area (Å²) in [5.74, 6) is 0.311. The monoisotopic (exact) mass is 519 g/mol. The van der Waals surface area contributed by atoms with Gasteiger partial charge in [0.25, 0.3) is 0 Å². The molecule has 1 aliphatic heterocycles. The first-order chi connectivity index (χ1) is 13.7. The summed E-state index contributed by atoms with van der Waals surface area (Å²) in [5, 5.41) is 9.46. The van der Waals surface area contributed by atoms with Gasteiger partial charge in [0.15, 0.2) is 5.96 Å². The number of nitrogens with zero attached hydrogens (tertiary/aromatic N) is 2. The molecule has 0 radical (unpaired) electrons. The van der Waals surface area contributed by atoms with Crippen LogP contribution in [-0.2, 0) is 9.53 Å². The highest BCUT2D eigenvalue weighted by molar-refractivity contribution is 14.0. The van der Waals surface area contributed by atoms with Crippen LogP contribution in [0, 0.1) is 5.82 Å². The Bertz CT molecular complexity index is 663. The molecule has 9 heteroatoms. The van der Waals surface area contributed by atoms with Crippen molar-refractivity contribution < 1.29 is 13.9 Å². The van der Waals surface area contributed by atoms with Gasteiger partial charge in [-0.15, -0.1) is 24.0 Å². The largest absolute Gasteiger partial charge is 0.379 e. The zero-order valence-corrected chi connectivity index (χ0v) is 19.2. The molecule has 1 saturated heterocycles. The third-order valence-electron chi connectivity index (χ3n) is 4.87. The molecule has 0 spiro atoms. The summed E-state index contributed by atoms with van der Waals surface area (Å²) < 4.78 is 18.8. The van der Waals surface area contributed by atoms with E-state index < -0.39 is 0 Å². The summed E-state index contributed by atoms with van der Waals surface area (Å²) in [6.07, 6.45) is 2.12. The number of hydrogen-bond acceptors (Lipinski definition) is 4. The zero-order valence-electron chi connectivity index (χ0n) is 16.8. The van der Waals surface area contributed by atoms with E-state index in [0.717, 1.165) is 31.5 Å². The molecular formula is C20H31FIN5O2. The average molecular weight is 519 g/mol. The topological polar surface area (TPSA) is 78.0 Å². The lowest BCUT2D eigenvalue weighted by Gasteiger charge is -2.35. The molecule has 1 aliphatic carbocycles. The van der Waals surface area contributed by atoms with Crippen molar-refractivity contribution in [3.8, 4) is 0 Å². The molecule has 7 nitrogen and oxygen atoms in total. The van der Waals surface area contributed by atoms with E-state index in [9.17, 15) is 9.18 Å². The van der Waals surface area contributed by atoms with Crippen LogP contribution in [0.2, 0.25) is 0 Å². The van der Waals surface area contributed by atoms with Crippen molar-refractivity contribution in [2.45, 2.75) is 31.8 Å². The lowest BCUT2D eigenvalue weighted by atomic mass is 10.0. The number of halogens is 2. The normalized spacial score (nSPS) is 18.5. The molecule has 0 aromatic heterocycles. The van der Waals surface area contributed by atoms with Crippen LogP contribution in [0.3, 0.4) is 0 Å². The number of carbonyl (C=O) groups is 1. The maximum Gasteiger partial charge on any atom is 0.242 e. The fourth-order valence-electron chi connectivity index (χ4n) is 3.22. The fourth-order valence-corrected chi connectivity index (χ4v) is 3.22. The number of hydrogen-bond donors (Lipinski definition) is 3. The number of amides is 1. The quantitative estimate of drug-likeness (QED) is 0.277. The van der Waals surface area contributed by atoms with Gasteiger partial charge in [-0.25, -0.2) is 9.38 Å². The van der Waals surface area contributed by atoms with Gasteiger partial charge in [-0.1, -0.05) is 12.1 Å². The molecule has 1 amide bonds. The minimum absolute atomic E-state index is 0. The molecule has 29 heavy (non-hydrogen) atoms. The Labute approximate surface area is 188 Å². The number of benzene rings is 1. The average Bonchev–Trinajstić information content (AvgIpc) is 3.52. The second-order valence-corrected chi connectivity index (χ2v) is 7.13. The van der Waals surface area contributed by atoms with Gasteiger partial charge in [0.1, 0.15) is 12.4 Å². The van der Waals surface area contributed by atoms with Gasteiger partial charge < -0.3 is 20.7 Å². The van der Waals surface area contributed by atoms with E-state index in [2.05, 4.69) is 25.8 Å². The van der Waals surface area contributed by atoms with Crippen LogP contribution >= 0.6 is 24.0 Å². The smallest absolute Gasteiger partial charge is 0.242 e. The SMILES string of the molecule is CCNC(=NCC(=O)NC1CC1)NCC(c1ccc(F)cc1)N1CCOCC1.I. The minimum atomic E-state index is -0.242. The summed E-state index contributed by atoms with van der Waals surface area (Å²) in [7, 11) is 0. The first-order valence-corrected chi connectivity index (χ1v) is 10.0. The molecule has 1 atom stereocenters. The van der Waals surface area contributed by atoms with E-state index in [1.54, 1.807) is 0 Å². The first-order valence-electron chi connectivity index (χ1n) is 10.0. The third kappa shape index (κ3) is 8.06. The lowest BCUT2D eigenvalue weighted by Crippen LogP contribution is -2.46. The highest BCUT2D eigenvalue weighted by Crippen LogP contribution is 2.21. The minimum Gasteiger partial charge on any atom is -0.379 e. The maximum atomic E-state index is 13.4. The van der Waals surface area contributed by atoms with Crippen LogP contribution in [0.15, 0.2) is 29.3 Å². The van der Waals surface area contributed by atoms with Gasteiger partial charge in [0, 0.05) is 32.2 Å². The summed E-state index contributed by atoms with van der Waals surface area (Å²) in [5.41, 5.74) is 1.04. The second-order valence-electron chi connectivity index (χ2n) is 7.13. The third-order valence-corrected chi connectivity index (χ3v) is 4.87. The standard InChI is InChI=1S/C20H30FN5O2.HI/c1-2-22-20(24-14-19(27)25-17-7-8-17)23-13-18(26-9-11-28-12-10-26)15-3-5-16(21)6-4-15;/h3-6,17-18H,2,7-14H2,1H3,(H,25,27)(H2,22,23,24);1H. The van der Waals surface area contributed by atoms with E-state index in [1.165, 1.54) is 12.1 Å². The number of carbonyl (C=O) groups excluding carboxylic acids is 1. The van der Waals surface area contributed by atoms with Crippen LogP contribution in [0.4, 0.5) is 4.39 Å². The van der Waals surface area contributed by atoms with Crippen molar-refractivity contribution in [2.24, 2.45) is 4.99 Å². The van der Waals surface area contributed by atoms with Gasteiger partial charge in [0.2, 0.25) is 5.91 Å². The molecule has 2 fully saturated rings. The Balaban J connectivity index is 0.00000300. The summed E-state index contributed by atoms with van der Waals surface area (Å²) >= 11 is 0. The molecule has 1 aromatic rings. The number of morpholine rings is 1. The van der Waals surface area contributed by atoms with Gasteiger partial charge in [-0.3, -0.25) is 9.69 Å². The molecule has 1 heterocycles. The summed E-state index contributed by atoms with van der Waals surface area (Å²) in [6.45, 7) is 6.41. The Morgan fingerprint density at radius 1 is 1.24 bits per heavy atom. The van der Waals surface area contributed by atoms with Crippen LogP contribution in [0.1, 0.15) is 31.4 Å². The summed E-state index contributed by atoms with van der Waals surface area (Å²) in [6, 6.07) is 7.03. The predicted molar refractivity (Wildman–Crippen MR) is 122 cm³/mol. The van der Waals surface area contributed by atoms with Gasteiger partial charge in [-0.05, 0) is 37.5 Å². The van der Waals surface area contributed by atoms with Gasteiger partial charge >= 0.3 is 0 Å². The van der Waals surface area contributed by atoms with E-state index in [0.29, 0.717) is 38.3 Å². The van der Waals surface area contributed by atoms with E-state index in [1.807, 2.05) is 19.1 Å². The molecule has 2 aliphatic rings. The first kappa shape index (κ1) is 23.8. The maximum absolute atomic E-state index is 13.4. The number of guanidine groups is 1. The lowest BCUT2D eigenvalue weighted by molar-refractivity contribution is -0.119. The van der Waals surface area contributed by atoms with Crippen molar-refractivity contribution in [1.82, 2.24) is 20.9 Å². The van der Waals surface area contributed by atoms with Crippen molar-refractivity contribution >= 4 is 35.8 Å².